The van der Waals surface area contributed by atoms with Gasteiger partial charge in [0.2, 0.25) is 5.91 Å². The summed E-state index contributed by atoms with van der Waals surface area (Å²) in [6, 6.07) is 5.29. The van der Waals surface area contributed by atoms with Gasteiger partial charge in [0.1, 0.15) is 6.54 Å². The predicted molar refractivity (Wildman–Crippen MR) is 106 cm³/mol. The van der Waals surface area contributed by atoms with Crippen molar-refractivity contribution in [1.29, 1.82) is 0 Å². The molecule has 0 bridgehead atoms. The molecule has 4 amide bonds. The van der Waals surface area contributed by atoms with Crippen LogP contribution in [-0.2, 0) is 9.59 Å². The summed E-state index contributed by atoms with van der Waals surface area (Å²) < 4.78 is 0. The Morgan fingerprint density at radius 1 is 1.25 bits per heavy atom. The van der Waals surface area contributed by atoms with Crippen LogP contribution >= 0.6 is 0 Å². The van der Waals surface area contributed by atoms with E-state index in [0.717, 1.165) is 16.7 Å². The Labute approximate surface area is 166 Å². The fraction of sp³-hybridized carbons (Fsp3) is 0.476. The summed E-state index contributed by atoms with van der Waals surface area (Å²) >= 11 is 0. The zero-order chi connectivity index (χ0) is 20.6. The molecule has 1 N–H and O–H groups in total. The van der Waals surface area contributed by atoms with Gasteiger partial charge in [-0.25, -0.2) is 4.79 Å². The van der Waals surface area contributed by atoms with Gasteiger partial charge in [0.25, 0.3) is 5.91 Å². The molecule has 7 heteroatoms. The minimum atomic E-state index is -0.498. The van der Waals surface area contributed by atoms with Crippen molar-refractivity contribution < 1.29 is 14.4 Å². The Balaban J connectivity index is 1.98. The molecule has 0 saturated heterocycles. The Morgan fingerprint density at radius 2 is 1.96 bits per heavy atom. The quantitative estimate of drug-likeness (QED) is 0.844. The summed E-state index contributed by atoms with van der Waals surface area (Å²) in [6.07, 6.45) is 0. The summed E-state index contributed by atoms with van der Waals surface area (Å²) in [6.45, 7) is 9.11. The van der Waals surface area contributed by atoms with Crippen molar-refractivity contribution in [1.82, 2.24) is 20.0 Å². The van der Waals surface area contributed by atoms with Crippen molar-refractivity contribution in [2.24, 2.45) is 0 Å². The maximum atomic E-state index is 13.2. The molecule has 0 spiro atoms. The molecule has 1 aromatic rings. The molecule has 0 aromatic heterocycles. The fourth-order valence-electron chi connectivity index (χ4n) is 3.85. The highest BCUT2D eigenvalue weighted by molar-refractivity contribution is 6.03. The Bertz CT molecular complexity index is 861. The van der Waals surface area contributed by atoms with Crippen molar-refractivity contribution in [2.45, 2.75) is 33.7 Å². The lowest BCUT2D eigenvalue weighted by Gasteiger charge is -2.33. The topological polar surface area (TPSA) is 73.0 Å². The van der Waals surface area contributed by atoms with Gasteiger partial charge >= 0.3 is 6.03 Å². The highest BCUT2D eigenvalue weighted by atomic mass is 16.2. The molecule has 3 rings (SSSR count). The molecule has 2 aliphatic rings. The number of urea groups is 1. The number of likely N-dealkylation sites (N-methyl/N-ethyl adjacent to an activating group) is 2. The van der Waals surface area contributed by atoms with Crippen LogP contribution in [0.3, 0.4) is 0 Å². The van der Waals surface area contributed by atoms with E-state index >= 15 is 0 Å². The van der Waals surface area contributed by atoms with Crippen LogP contribution in [0, 0.1) is 13.8 Å². The van der Waals surface area contributed by atoms with Gasteiger partial charge in [-0.15, -0.1) is 0 Å². The summed E-state index contributed by atoms with van der Waals surface area (Å²) in [5.41, 5.74) is 4.33. The van der Waals surface area contributed by atoms with Crippen LogP contribution in [0.25, 0.3) is 0 Å². The van der Waals surface area contributed by atoms with Gasteiger partial charge in [0.15, 0.2) is 0 Å². The molecule has 0 aliphatic carbocycles. The first-order valence-corrected chi connectivity index (χ1v) is 9.69. The average Bonchev–Trinajstić information content (AvgIpc) is 2.96. The lowest BCUT2D eigenvalue weighted by atomic mass is 9.91. The highest BCUT2D eigenvalue weighted by Gasteiger charge is 2.44. The van der Waals surface area contributed by atoms with Gasteiger partial charge in [0.05, 0.1) is 23.9 Å². The van der Waals surface area contributed by atoms with E-state index in [2.05, 4.69) is 5.32 Å². The van der Waals surface area contributed by atoms with Gasteiger partial charge in [-0.3, -0.25) is 14.5 Å². The van der Waals surface area contributed by atoms with Gasteiger partial charge in [-0.2, -0.15) is 0 Å². The number of nitrogens with zero attached hydrogens (tertiary/aromatic N) is 3. The van der Waals surface area contributed by atoms with Crippen LogP contribution in [0.5, 0.6) is 0 Å². The number of hydrogen-bond donors (Lipinski definition) is 1. The van der Waals surface area contributed by atoms with Crippen LogP contribution in [-0.4, -0.2) is 65.8 Å². The molecule has 2 aliphatic heterocycles. The first-order valence-electron chi connectivity index (χ1n) is 9.69. The molecule has 7 nitrogen and oxygen atoms in total. The van der Waals surface area contributed by atoms with Crippen molar-refractivity contribution in [2.75, 3.05) is 33.2 Å². The molecule has 28 heavy (non-hydrogen) atoms. The summed E-state index contributed by atoms with van der Waals surface area (Å²) in [5.74, 6) is -0.294. The molecule has 1 atom stereocenters. The summed E-state index contributed by atoms with van der Waals surface area (Å²) in [5, 5.41) is 2.99. The van der Waals surface area contributed by atoms with E-state index in [1.165, 1.54) is 0 Å². The molecule has 2 heterocycles. The predicted octanol–water partition coefficient (Wildman–Crippen LogP) is 1.96. The molecule has 0 radical (unpaired) electrons. The first kappa shape index (κ1) is 19.9. The molecular formula is C21H28N4O3. The second-order valence-electron chi connectivity index (χ2n) is 7.42. The standard InChI is InChI=1S/C21H28N4O3/c1-6-23(5)17(26)12-24-11-16-18(20(24)27)19(22-21(28)25(16)7-2)15-9-8-13(3)10-14(15)4/h8-10,19H,6-7,11-12H2,1-5H3,(H,22,28)/t19-/m1/s1. The van der Waals surface area contributed by atoms with E-state index in [4.69, 9.17) is 0 Å². The largest absolute Gasteiger partial charge is 0.345 e. The number of aryl methyl sites for hydroxylation is 2. The first-order chi connectivity index (χ1) is 13.3. The number of hydrogen-bond acceptors (Lipinski definition) is 3. The number of nitrogens with one attached hydrogen (secondary N) is 1. The number of rotatable bonds is 5. The minimum Gasteiger partial charge on any atom is -0.345 e. The third-order valence-electron chi connectivity index (χ3n) is 5.58. The maximum absolute atomic E-state index is 13.2. The van der Waals surface area contributed by atoms with E-state index in [9.17, 15) is 14.4 Å². The van der Waals surface area contributed by atoms with Gasteiger partial charge in [-0.05, 0) is 38.8 Å². The van der Waals surface area contributed by atoms with E-state index in [-0.39, 0.29) is 30.9 Å². The normalized spacial score (nSPS) is 19.1. The van der Waals surface area contributed by atoms with Crippen LogP contribution < -0.4 is 5.32 Å². The van der Waals surface area contributed by atoms with Crippen molar-refractivity contribution in [3.05, 3.63) is 46.2 Å². The van der Waals surface area contributed by atoms with Crippen LogP contribution in [0.1, 0.15) is 36.6 Å². The maximum Gasteiger partial charge on any atom is 0.322 e. The van der Waals surface area contributed by atoms with Gasteiger partial charge in [-0.1, -0.05) is 23.8 Å². The zero-order valence-corrected chi connectivity index (χ0v) is 17.2. The smallest absolute Gasteiger partial charge is 0.322 e. The van der Waals surface area contributed by atoms with Crippen LogP contribution in [0.15, 0.2) is 29.5 Å². The SMILES string of the molecule is CCN(C)C(=O)CN1CC2=C(C1=O)[C@@H](c1ccc(C)cc1C)NC(=O)N2CC. The Morgan fingerprint density at radius 3 is 2.57 bits per heavy atom. The summed E-state index contributed by atoms with van der Waals surface area (Å²) in [7, 11) is 1.72. The monoisotopic (exact) mass is 384 g/mol. The molecule has 1 aromatic carbocycles. The zero-order valence-electron chi connectivity index (χ0n) is 17.2. The average molecular weight is 384 g/mol. The third kappa shape index (κ3) is 3.37. The van der Waals surface area contributed by atoms with Gasteiger partial charge in [0, 0.05) is 20.1 Å². The number of amides is 4. The van der Waals surface area contributed by atoms with Crippen molar-refractivity contribution in [3.63, 3.8) is 0 Å². The minimum absolute atomic E-state index is 0.0154. The highest BCUT2D eigenvalue weighted by Crippen LogP contribution is 2.37. The molecule has 0 fully saturated rings. The fourth-order valence-corrected chi connectivity index (χ4v) is 3.85. The number of carbonyl (C=O) groups excluding carboxylic acids is 3. The van der Waals surface area contributed by atoms with Gasteiger partial charge < -0.3 is 15.1 Å². The lowest BCUT2D eigenvalue weighted by molar-refractivity contribution is -0.136. The van der Waals surface area contributed by atoms with E-state index in [1.54, 1.807) is 21.7 Å². The van der Waals surface area contributed by atoms with E-state index < -0.39 is 6.04 Å². The Hall–Kier alpha value is -2.83. The molecule has 0 saturated carbocycles. The summed E-state index contributed by atoms with van der Waals surface area (Å²) in [4.78, 5) is 43.0. The van der Waals surface area contributed by atoms with Crippen LogP contribution in [0.4, 0.5) is 4.79 Å². The van der Waals surface area contributed by atoms with Crippen LogP contribution in [0.2, 0.25) is 0 Å². The third-order valence-corrected chi connectivity index (χ3v) is 5.58. The second kappa shape index (κ2) is 7.66. The molecule has 0 unspecified atom stereocenters. The molecule has 150 valence electrons. The van der Waals surface area contributed by atoms with Crippen molar-refractivity contribution >= 4 is 17.8 Å². The Kier molecular flexibility index (Phi) is 5.45. The van der Waals surface area contributed by atoms with E-state index in [1.807, 2.05) is 45.9 Å². The number of benzene rings is 1. The van der Waals surface area contributed by atoms with Crippen molar-refractivity contribution in [3.8, 4) is 0 Å². The second-order valence-corrected chi connectivity index (χ2v) is 7.42. The van der Waals surface area contributed by atoms with E-state index in [0.29, 0.717) is 24.4 Å². The lowest BCUT2D eigenvalue weighted by Crippen LogP contribution is -2.47. The number of carbonyl (C=O) groups is 3. The molecular weight excluding hydrogens is 356 g/mol.